The van der Waals surface area contributed by atoms with Gasteiger partial charge in [0.1, 0.15) is 12.4 Å². The molecule has 0 saturated heterocycles. The first-order chi connectivity index (χ1) is 13.9. The minimum Gasteiger partial charge on any atom is -0.490 e. The maximum atomic E-state index is 12.8. The third-order valence-corrected chi connectivity index (χ3v) is 6.10. The standard InChI is InChI=1S/C22H22N2O4S/c1-3-14-28-20-11-9-19(10-12-20)23-22(25)16-24(2)29(26,27)21-13-8-17-6-4-5-7-18(17)15-21/h3-13,15H,1,14,16H2,2H3,(H,23,25). The fourth-order valence-corrected chi connectivity index (χ4v) is 3.95. The molecule has 150 valence electrons. The Morgan fingerprint density at radius 1 is 1.07 bits per heavy atom. The topological polar surface area (TPSA) is 75.7 Å². The largest absolute Gasteiger partial charge is 0.490 e. The van der Waals surface area contributed by atoms with Crippen LogP contribution in [0.1, 0.15) is 0 Å². The first kappa shape index (κ1) is 20.6. The molecule has 0 saturated carbocycles. The summed E-state index contributed by atoms with van der Waals surface area (Å²) in [6.45, 7) is 3.67. The first-order valence-corrected chi connectivity index (χ1v) is 10.4. The second-order valence-electron chi connectivity index (χ2n) is 6.44. The van der Waals surface area contributed by atoms with Crippen LogP contribution in [0.4, 0.5) is 5.69 Å². The molecule has 7 heteroatoms. The highest BCUT2D eigenvalue weighted by Crippen LogP contribution is 2.21. The molecule has 6 nitrogen and oxygen atoms in total. The number of hydrogen-bond donors (Lipinski definition) is 1. The van der Waals surface area contributed by atoms with E-state index in [2.05, 4.69) is 11.9 Å². The van der Waals surface area contributed by atoms with Crippen molar-refractivity contribution >= 4 is 32.4 Å². The SMILES string of the molecule is C=CCOc1ccc(NC(=O)CN(C)S(=O)(=O)c2ccc3ccccc3c2)cc1. The first-order valence-electron chi connectivity index (χ1n) is 8.99. The lowest BCUT2D eigenvalue weighted by Gasteiger charge is -2.17. The summed E-state index contributed by atoms with van der Waals surface area (Å²) < 4.78 is 32.1. The van der Waals surface area contributed by atoms with Crippen molar-refractivity contribution in [3.63, 3.8) is 0 Å². The fourth-order valence-electron chi connectivity index (χ4n) is 2.79. The summed E-state index contributed by atoms with van der Waals surface area (Å²) in [4.78, 5) is 12.5. The lowest BCUT2D eigenvalue weighted by atomic mass is 10.1. The van der Waals surface area contributed by atoms with Crippen LogP contribution in [-0.4, -0.2) is 38.8 Å². The summed E-state index contributed by atoms with van der Waals surface area (Å²) in [5.41, 5.74) is 0.553. The number of anilines is 1. The van der Waals surface area contributed by atoms with Crippen LogP contribution in [0.15, 0.2) is 84.3 Å². The zero-order valence-corrected chi connectivity index (χ0v) is 16.9. The van der Waals surface area contributed by atoms with Gasteiger partial charge in [-0.15, -0.1) is 0 Å². The predicted molar refractivity (Wildman–Crippen MR) is 115 cm³/mol. The van der Waals surface area contributed by atoms with Crippen LogP contribution in [0.3, 0.4) is 0 Å². The van der Waals surface area contributed by atoms with E-state index in [0.29, 0.717) is 18.0 Å². The van der Waals surface area contributed by atoms with Crippen molar-refractivity contribution in [3.05, 3.63) is 79.4 Å². The number of sulfonamides is 1. The molecule has 0 aliphatic heterocycles. The van der Waals surface area contributed by atoms with Gasteiger partial charge in [-0.25, -0.2) is 8.42 Å². The summed E-state index contributed by atoms with van der Waals surface area (Å²) >= 11 is 0. The zero-order chi connectivity index (χ0) is 20.9. The Bertz CT molecular complexity index is 1130. The minimum absolute atomic E-state index is 0.148. The Balaban J connectivity index is 1.66. The van der Waals surface area contributed by atoms with E-state index < -0.39 is 15.9 Å². The van der Waals surface area contributed by atoms with Gasteiger partial charge in [0, 0.05) is 12.7 Å². The summed E-state index contributed by atoms with van der Waals surface area (Å²) in [6, 6.07) is 19.2. The van der Waals surface area contributed by atoms with E-state index in [0.717, 1.165) is 15.1 Å². The van der Waals surface area contributed by atoms with Crippen LogP contribution < -0.4 is 10.1 Å². The monoisotopic (exact) mass is 410 g/mol. The van der Waals surface area contributed by atoms with Crippen molar-refractivity contribution < 1.29 is 17.9 Å². The molecule has 0 spiro atoms. The van der Waals surface area contributed by atoms with Gasteiger partial charge in [0.25, 0.3) is 0 Å². The van der Waals surface area contributed by atoms with Crippen molar-refractivity contribution in [1.82, 2.24) is 4.31 Å². The number of nitrogens with zero attached hydrogens (tertiary/aromatic N) is 1. The molecule has 0 atom stereocenters. The molecule has 3 aromatic carbocycles. The molecular formula is C22H22N2O4S. The van der Waals surface area contributed by atoms with Gasteiger partial charge in [0.15, 0.2) is 0 Å². The fraction of sp³-hybridized carbons (Fsp3) is 0.136. The summed E-state index contributed by atoms with van der Waals surface area (Å²) in [6.07, 6.45) is 1.64. The molecule has 0 fully saturated rings. The molecule has 3 aromatic rings. The van der Waals surface area contributed by atoms with Crippen LogP contribution in [0, 0.1) is 0 Å². The normalized spacial score (nSPS) is 11.4. The van der Waals surface area contributed by atoms with Crippen LogP contribution in [-0.2, 0) is 14.8 Å². The van der Waals surface area contributed by atoms with Crippen LogP contribution in [0.5, 0.6) is 5.75 Å². The van der Waals surface area contributed by atoms with Crippen LogP contribution in [0.2, 0.25) is 0 Å². The number of hydrogen-bond acceptors (Lipinski definition) is 4. The van der Waals surface area contributed by atoms with Crippen LogP contribution in [0.25, 0.3) is 10.8 Å². The number of benzene rings is 3. The lowest BCUT2D eigenvalue weighted by molar-refractivity contribution is -0.116. The Labute approximate surface area is 170 Å². The zero-order valence-electron chi connectivity index (χ0n) is 16.0. The molecule has 0 aromatic heterocycles. The van der Waals surface area contributed by atoms with Gasteiger partial charge in [-0.3, -0.25) is 4.79 Å². The average Bonchev–Trinajstić information content (AvgIpc) is 2.72. The number of ether oxygens (including phenoxy) is 1. The molecule has 0 aliphatic rings. The lowest BCUT2D eigenvalue weighted by Crippen LogP contribution is -2.34. The van der Waals surface area contributed by atoms with Gasteiger partial charge < -0.3 is 10.1 Å². The highest BCUT2D eigenvalue weighted by molar-refractivity contribution is 7.89. The van der Waals surface area contributed by atoms with Gasteiger partial charge in [0.05, 0.1) is 11.4 Å². The van der Waals surface area contributed by atoms with Gasteiger partial charge in [-0.2, -0.15) is 4.31 Å². The maximum Gasteiger partial charge on any atom is 0.243 e. The number of nitrogens with one attached hydrogen (secondary N) is 1. The van der Waals surface area contributed by atoms with Crippen molar-refractivity contribution in [1.29, 1.82) is 0 Å². The average molecular weight is 410 g/mol. The molecule has 0 radical (unpaired) electrons. The highest BCUT2D eigenvalue weighted by Gasteiger charge is 2.23. The number of fused-ring (bicyclic) bond motifs is 1. The Kier molecular flexibility index (Phi) is 6.31. The summed E-state index contributed by atoms with van der Waals surface area (Å²) in [7, 11) is -2.41. The van der Waals surface area contributed by atoms with Gasteiger partial charge in [0.2, 0.25) is 15.9 Å². The van der Waals surface area contributed by atoms with E-state index in [1.165, 1.54) is 7.05 Å². The smallest absolute Gasteiger partial charge is 0.243 e. The van der Waals surface area contributed by atoms with Gasteiger partial charge in [-0.1, -0.05) is 43.0 Å². The molecular weight excluding hydrogens is 388 g/mol. The molecule has 0 heterocycles. The molecule has 0 unspecified atom stereocenters. The molecule has 0 aliphatic carbocycles. The van der Waals surface area contributed by atoms with E-state index in [1.807, 2.05) is 24.3 Å². The van der Waals surface area contributed by atoms with E-state index in [-0.39, 0.29) is 11.4 Å². The van der Waals surface area contributed by atoms with Crippen molar-refractivity contribution in [2.24, 2.45) is 0 Å². The van der Waals surface area contributed by atoms with Crippen LogP contribution >= 0.6 is 0 Å². The predicted octanol–water partition coefficient (Wildman–Crippen LogP) is 3.66. The number of rotatable bonds is 8. The Morgan fingerprint density at radius 2 is 1.76 bits per heavy atom. The third kappa shape index (κ3) is 5.01. The Morgan fingerprint density at radius 3 is 2.45 bits per heavy atom. The number of carbonyl (C=O) groups excluding carboxylic acids is 1. The molecule has 29 heavy (non-hydrogen) atoms. The Hall–Kier alpha value is -3.16. The minimum atomic E-state index is -3.79. The van der Waals surface area contributed by atoms with Crippen molar-refractivity contribution in [3.8, 4) is 5.75 Å². The van der Waals surface area contributed by atoms with E-state index in [9.17, 15) is 13.2 Å². The summed E-state index contributed by atoms with van der Waals surface area (Å²) in [5.74, 6) is 0.218. The van der Waals surface area contributed by atoms with E-state index in [4.69, 9.17) is 4.74 Å². The highest BCUT2D eigenvalue weighted by atomic mass is 32.2. The number of amides is 1. The molecule has 0 bridgehead atoms. The molecule has 1 N–H and O–H groups in total. The van der Waals surface area contributed by atoms with E-state index in [1.54, 1.807) is 48.5 Å². The number of carbonyl (C=O) groups is 1. The molecule has 1 amide bonds. The van der Waals surface area contributed by atoms with Gasteiger partial charge >= 0.3 is 0 Å². The van der Waals surface area contributed by atoms with E-state index >= 15 is 0 Å². The molecule has 3 rings (SSSR count). The quantitative estimate of drug-likeness (QED) is 0.575. The number of likely N-dealkylation sites (N-methyl/N-ethyl adjacent to an activating group) is 1. The second kappa shape index (κ2) is 8.89. The van der Waals surface area contributed by atoms with Crippen molar-refractivity contribution in [2.75, 3.05) is 25.5 Å². The summed E-state index contributed by atoms with van der Waals surface area (Å²) in [5, 5.41) is 4.46. The van der Waals surface area contributed by atoms with Gasteiger partial charge in [-0.05, 0) is 47.2 Å². The maximum absolute atomic E-state index is 12.8. The third-order valence-electron chi connectivity index (χ3n) is 4.30. The van der Waals surface area contributed by atoms with Crippen molar-refractivity contribution in [2.45, 2.75) is 4.90 Å². The second-order valence-corrected chi connectivity index (χ2v) is 8.49.